The van der Waals surface area contributed by atoms with Crippen molar-refractivity contribution in [2.24, 2.45) is 0 Å². The fourth-order valence-electron chi connectivity index (χ4n) is 1.47. The molecule has 0 amide bonds. The molecule has 1 unspecified atom stereocenters. The van der Waals surface area contributed by atoms with Gasteiger partial charge in [-0.05, 0) is 31.5 Å². The molecule has 0 spiro atoms. The van der Waals surface area contributed by atoms with Gasteiger partial charge < -0.3 is 10.1 Å². The first-order chi connectivity index (χ1) is 9.49. The van der Waals surface area contributed by atoms with Gasteiger partial charge in [-0.3, -0.25) is 0 Å². The summed E-state index contributed by atoms with van der Waals surface area (Å²) in [6, 6.07) is 3.28. The zero-order chi connectivity index (χ0) is 15.0. The summed E-state index contributed by atoms with van der Waals surface area (Å²) < 4.78 is 31.4. The van der Waals surface area contributed by atoms with Gasteiger partial charge >= 0.3 is 0 Å². The zero-order valence-electron chi connectivity index (χ0n) is 12.2. The van der Waals surface area contributed by atoms with E-state index in [2.05, 4.69) is 21.9 Å². The maximum atomic E-state index is 12.0. The van der Waals surface area contributed by atoms with Gasteiger partial charge in [0.25, 0.3) is 10.0 Å². The number of aromatic nitrogens is 1. The predicted molar refractivity (Wildman–Crippen MR) is 77.9 cm³/mol. The number of rotatable bonds is 9. The van der Waals surface area contributed by atoms with Gasteiger partial charge in [-0.15, -0.1) is 0 Å². The van der Waals surface area contributed by atoms with Crippen LogP contribution in [0, 0.1) is 0 Å². The maximum absolute atomic E-state index is 12.0. The minimum atomic E-state index is -3.57. The Morgan fingerprint density at radius 3 is 2.70 bits per heavy atom. The molecule has 0 aliphatic carbocycles. The van der Waals surface area contributed by atoms with E-state index in [4.69, 9.17) is 4.74 Å². The monoisotopic (exact) mass is 301 g/mol. The third-order valence-corrected chi connectivity index (χ3v) is 4.13. The number of ether oxygens (including phenoxy) is 1. The summed E-state index contributed by atoms with van der Waals surface area (Å²) in [5, 5.41) is 3.26. The van der Waals surface area contributed by atoms with Gasteiger partial charge in [-0.25, -0.2) is 18.1 Å². The number of sulfonamides is 1. The standard InChI is InChI=1S/C13H23N3O3S/c1-4-7-14-9-12-5-6-13(15-10-12)20(17,18)16-8-11(2)19-3/h5-6,10-11,14,16H,4,7-9H2,1-3H3. The molecule has 0 aliphatic rings. The topological polar surface area (TPSA) is 80.3 Å². The molecule has 20 heavy (non-hydrogen) atoms. The molecule has 0 radical (unpaired) electrons. The van der Waals surface area contributed by atoms with E-state index < -0.39 is 10.0 Å². The Morgan fingerprint density at radius 2 is 2.15 bits per heavy atom. The normalized spacial score (nSPS) is 13.3. The maximum Gasteiger partial charge on any atom is 0.258 e. The van der Waals surface area contributed by atoms with Crippen LogP contribution in [0.15, 0.2) is 23.4 Å². The van der Waals surface area contributed by atoms with Crippen molar-refractivity contribution in [2.75, 3.05) is 20.2 Å². The van der Waals surface area contributed by atoms with Crippen LogP contribution >= 0.6 is 0 Å². The summed E-state index contributed by atoms with van der Waals surface area (Å²) in [5.41, 5.74) is 0.961. The Labute approximate surface area is 121 Å². The van der Waals surface area contributed by atoms with Gasteiger partial charge in [-0.2, -0.15) is 0 Å². The van der Waals surface area contributed by atoms with Crippen LogP contribution in [0.2, 0.25) is 0 Å². The Kier molecular flexibility index (Phi) is 7.08. The first-order valence-corrected chi connectivity index (χ1v) is 8.16. The SMILES string of the molecule is CCCNCc1ccc(S(=O)(=O)NCC(C)OC)nc1. The van der Waals surface area contributed by atoms with Gasteiger partial charge in [0.05, 0.1) is 6.10 Å². The largest absolute Gasteiger partial charge is 0.380 e. The Bertz CT molecular complexity index is 488. The van der Waals surface area contributed by atoms with Gasteiger partial charge in [0.15, 0.2) is 5.03 Å². The van der Waals surface area contributed by atoms with E-state index in [0.29, 0.717) is 6.54 Å². The second-order valence-corrected chi connectivity index (χ2v) is 6.29. The lowest BCUT2D eigenvalue weighted by atomic mass is 10.3. The van der Waals surface area contributed by atoms with Crippen LogP contribution in [-0.4, -0.2) is 39.7 Å². The summed E-state index contributed by atoms with van der Waals surface area (Å²) in [5.74, 6) is 0. The van der Waals surface area contributed by atoms with Crippen molar-refractivity contribution in [3.05, 3.63) is 23.9 Å². The summed E-state index contributed by atoms with van der Waals surface area (Å²) in [6.45, 7) is 5.72. The van der Waals surface area contributed by atoms with Crippen LogP contribution in [-0.2, 0) is 21.3 Å². The molecule has 0 bridgehead atoms. The van der Waals surface area contributed by atoms with Gasteiger partial charge in [0.2, 0.25) is 0 Å². The zero-order valence-corrected chi connectivity index (χ0v) is 13.0. The lowest BCUT2D eigenvalue weighted by molar-refractivity contribution is 0.122. The minimum absolute atomic E-state index is 0.0278. The molecule has 0 aliphatic heterocycles. The van der Waals surface area contributed by atoms with Crippen molar-refractivity contribution in [2.45, 2.75) is 37.9 Å². The van der Waals surface area contributed by atoms with Crippen LogP contribution < -0.4 is 10.0 Å². The number of nitrogens with zero attached hydrogens (tertiary/aromatic N) is 1. The molecule has 0 saturated carbocycles. The van der Waals surface area contributed by atoms with Crippen LogP contribution in [0.5, 0.6) is 0 Å². The first kappa shape index (κ1) is 17.0. The molecule has 0 fully saturated rings. The summed E-state index contributed by atoms with van der Waals surface area (Å²) in [6.07, 6.45) is 2.46. The predicted octanol–water partition coefficient (Wildman–Crippen LogP) is 0.894. The summed E-state index contributed by atoms with van der Waals surface area (Å²) >= 11 is 0. The summed E-state index contributed by atoms with van der Waals surface area (Å²) in [7, 11) is -2.03. The van der Waals surface area contributed by atoms with Gasteiger partial charge in [0.1, 0.15) is 0 Å². The van der Waals surface area contributed by atoms with Crippen molar-refractivity contribution in [3.8, 4) is 0 Å². The van der Waals surface area contributed by atoms with E-state index in [9.17, 15) is 8.42 Å². The van der Waals surface area contributed by atoms with E-state index in [-0.39, 0.29) is 17.7 Å². The first-order valence-electron chi connectivity index (χ1n) is 6.67. The van der Waals surface area contributed by atoms with Crippen LogP contribution in [0.1, 0.15) is 25.8 Å². The second kappa shape index (κ2) is 8.31. The van der Waals surface area contributed by atoms with Gasteiger partial charge in [0, 0.05) is 26.4 Å². The molecular formula is C13H23N3O3S. The minimum Gasteiger partial charge on any atom is -0.380 e. The molecule has 1 aromatic heterocycles. The Hall–Kier alpha value is -1.02. The number of nitrogens with one attached hydrogen (secondary N) is 2. The van der Waals surface area contributed by atoms with Crippen molar-refractivity contribution in [1.82, 2.24) is 15.0 Å². The number of hydrogen-bond acceptors (Lipinski definition) is 5. The van der Waals surface area contributed by atoms with Crippen molar-refractivity contribution in [3.63, 3.8) is 0 Å². The molecule has 1 heterocycles. The fraction of sp³-hybridized carbons (Fsp3) is 0.615. The van der Waals surface area contributed by atoms with Crippen LogP contribution in [0.4, 0.5) is 0 Å². The molecule has 0 aromatic carbocycles. The molecule has 0 saturated heterocycles. The molecular weight excluding hydrogens is 278 g/mol. The highest BCUT2D eigenvalue weighted by Crippen LogP contribution is 2.06. The molecule has 1 rings (SSSR count). The van der Waals surface area contributed by atoms with Crippen molar-refractivity contribution in [1.29, 1.82) is 0 Å². The quantitative estimate of drug-likeness (QED) is 0.662. The number of methoxy groups -OCH3 is 1. The van der Waals surface area contributed by atoms with E-state index in [1.54, 1.807) is 19.2 Å². The molecule has 1 aromatic rings. The molecule has 114 valence electrons. The van der Waals surface area contributed by atoms with E-state index in [1.165, 1.54) is 13.2 Å². The van der Waals surface area contributed by atoms with Crippen molar-refractivity contribution >= 4 is 10.0 Å². The third kappa shape index (κ3) is 5.54. The van der Waals surface area contributed by atoms with Gasteiger partial charge in [-0.1, -0.05) is 13.0 Å². The second-order valence-electron chi connectivity index (χ2n) is 4.58. The lowest BCUT2D eigenvalue weighted by Gasteiger charge is -2.11. The Balaban J connectivity index is 2.62. The average molecular weight is 301 g/mol. The average Bonchev–Trinajstić information content (AvgIpc) is 2.45. The molecule has 7 heteroatoms. The molecule has 2 N–H and O–H groups in total. The lowest BCUT2D eigenvalue weighted by Crippen LogP contribution is -2.32. The smallest absolute Gasteiger partial charge is 0.258 e. The highest BCUT2D eigenvalue weighted by atomic mass is 32.2. The Morgan fingerprint density at radius 1 is 1.40 bits per heavy atom. The third-order valence-electron chi connectivity index (χ3n) is 2.79. The number of hydrogen-bond donors (Lipinski definition) is 2. The highest BCUT2D eigenvalue weighted by molar-refractivity contribution is 7.89. The molecule has 1 atom stereocenters. The van der Waals surface area contributed by atoms with Crippen LogP contribution in [0.3, 0.4) is 0 Å². The van der Waals surface area contributed by atoms with E-state index in [0.717, 1.165) is 18.5 Å². The molecule has 6 nitrogen and oxygen atoms in total. The number of pyridine rings is 1. The fourth-order valence-corrected chi connectivity index (χ4v) is 2.51. The van der Waals surface area contributed by atoms with Crippen molar-refractivity contribution < 1.29 is 13.2 Å². The van der Waals surface area contributed by atoms with Crippen LogP contribution in [0.25, 0.3) is 0 Å². The van der Waals surface area contributed by atoms with E-state index in [1.807, 2.05) is 0 Å². The summed E-state index contributed by atoms with van der Waals surface area (Å²) in [4.78, 5) is 4.00. The van der Waals surface area contributed by atoms with E-state index >= 15 is 0 Å². The highest BCUT2D eigenvalue weighted by Gasteiger charge is 2.16.